The summed E-state index contributed by atoms with van der Waals surface area (Å²) in [5.41, 5.74) is 4.54. The number of rotatable bonds is 6. The lowest BCUT2D eigenvalue weighted by molar-refractivity contribution is -0.136. The third kappa shape index (κ3) is 4.87. The molecule has 0 aromatic heterocycles. The quantitative estimate of drug-likeness (QED) is 0.558. The number of likely N-dealkylation sites (tertiary alicyclic amines) is 1. The van der Waals surface area contributed by atoms with Gasteiger partial charge in [0.15, 0.2) is 0 Å². The molecular formula is C32H38N4O4. The van der Waals surface area contributed by atoms with Crippen molar-refractivity contribution in [2.45, 2.75) is 76.6 Å². The fourth-order valence-electron chi connectivity index (χ4n) is 7.34. The number of imide groups is 1. The lowest BCUT2D eigenvalue weighted by Crippen LogP contribution is -2.60. The minimum absolute atomic E-state index is 0.112. The van der Waals surface area contributed by atoms with E-state index in [4.69, 9.17) is 4.74 Å². The summed E-state index contributed by atoms with van der Waals surface area (Å²) >= 11 is 0. The first-order valence-electron chi connectivity index (χ1n) is 15.0. The van der Waals surface area contributed by atoms with Crippen molar-refractivity contribution < 1.29 is 19.1 Å². The van der Waals surface area contributed by atoms with Crippen LogP contribution >= 0.6 is 0 Å². The second-order valence-corrected chi connectivity index (χ2v) is 12.5. The highest BCUT2D eigenvalue weighted by atomic mass is 16.5. The van der Waals surface area contributed by atoms with Gasteiger partial charge < -0.3 is 14.5 Å². The van der Waals surface area contributed by atoms with E-state index in [0.717, 1.165) is 49.7 Å². The number of carbonyl (C=O) groups excluding carboxylic acids is 3. The second-order valence-electron chi connectivity index (χ2n) is 12.5. The van der Waals surface area contributed by atoms with E-state index < -0.39 is 6.04 Å². The summed E-state index contributed by atoms with van der Waals surface area (Å²) in [6.45, 7) is 5.76. The van der Waals surface area contributed by atoms with E-state index in [1.165, 1.54) is 44.1 Å². The van der Waals surface area contributed by atoms with Gasteiger partial charge in [-0.25, -0.2) is 0 Å². The third-order valence-electron chi connectivity index (χ3n) is 9.78. The Hall–Kier alpha value is -3.39. The average Bonchev–Trinajstić information content (AvgIpc) is 3.56. The molecule has 0 radical (unpaired) electrons. The van der Waals surface area contributed by atoms with Crippen LogP contribution in [0.3, 0.4) is 0 Å². The van der Waals surface area contributed by atoms with Crippen LogP contribution in [0.5, 0.6) is 5.75 Å². The SMILES string of the molecule is O=C1CCC(N2Cc3cc(N4CC5(CCN(Cc6ccc(OC7CCCC7)cc6)CC5)C4)ccc3C2=O)C(=O)N1. The van der Waals surface area contributed by atoms with Crippen molar-refractivity contribution in [1.82, 2.24) is 15.1 Å². The van der Waals surface area contributed by atoms with Crippen molar-refractivity contribution in [3.05, 3.63) is 59.2 Å². The smallest absolute Gasteiger partial charge is 0.255 e. The molecular weight excluding hydrogens is 504 g/mol. The van der Waals surface area contributed by atoms with Gasteiger partial charge in [-0.15, -0.1) is 0 Å². The molecule has 1 atom stereocenters. The van der Waals surface area contributed by atoms with E-state index in [1.54, 1.807) is 4.90 Å². The number of fused-ring (bicyclic) bond motifs is 1. The summed E-state index contributed by atoms with van der Waals surface area (Å²) in [6, 6.07) is 14.2. The Kier molecular flexibility index (Phi) is 6.53. The molecule has 2 aromatic carbocycles. The largest absolute Gasteiger partial charge is 0.490 e. The summed E-state index contributed by atoms with van der Waals surface area (Å²) in [7, 11) is 0. The predicted octanol–water partition coefficient (Wildman–Crippen LogP) is 3.87. The number of amides is 3. The zero-order chi connectivity index (χ0) is 27.3. The summed E-state index contributed by atoms with van der Waals surface area (Å²) < 4.78 is 6.12. The topological polar surface area (TPSA) is 82.2 Å². The number of hydrogen-bond acceptors (Lipinski definition) is 6. The standard InChI is InChI=1S/C32H38N4O4/c37-29-12-11-28(30(38)33-29)36-19-23-17-24(7-10-27(23)31(36)39)35-20-32(21-35)13-15-34(16-14-32)18-22-5-8-26(9-6-22)40-25-3-1-2-4-25/h5-10,17,25,28H,1-4,11-16,18-21H2,(H,33,37,38). The van der Waals surface area contributed by atoms with Crippen LogP contribution in [0.25, 0.3) is 0 Å². The van der Waals surface area contributed by atoms with E-state index in [-0.39, 0.29) is 24.1 Å². The molecule has 3 amide bonds. The molecule has 7 rings (SSSR count). The number of carbonyl (C=O) groups is 3. The van der Waals surface area contributed by atoms with Crippen LogP contribution in [0.1, 0.15) is 72.9 Å². The van der Waals surface area contributed by atoms with Crippen LogP contribution in [0.2, 0.25) is 0 Å². The molecule has 210 valence electrons. The Balaban J connectivity index is 0.907. The van der Waals surface area contributed by atoms with Crippen molar-refractivity contribution in [3.63, 3.8) is 0 Å². The molecule has 4 aliphatic heterocycles. The zero-order valence-corrected chi connectivity index (χ0v) is 23.1. The molecule has 40 heavy (non-hydrogen) atoms. The number of piperidine rings is 2. The summed E-state index contributed by atoms with van der Waals surface area (Å²) in [5.74, 6) is 0.268. The highest BCUT2D eigenvalue weighted by Gasteiger charge is 2.45. The van der Waals surface area contributed by atoms with Crippen molar-refractivity contribution in [2.24, 2.45) is 5.41 Å². The molecule has 1 N–H and O–H groups in total. The zero-order valence-electron chi connectivity index (χ0n) is 23.1. The Bertz CT molecular complexity index is 1300. The van der Waals surface area contributed by atoms with E-state index in [1.807, 2.05) is 12.1 Å². The normalized spacial score (nSPS) is 24.8. The first kappa shape index (κ1) is 25.6. The Morgan fingerprint density at radius 1 is 0.925 bits per heavy atom. The molecule has 4 heterocycles. The van der Waals surface area contributed by atoms with Crippen molar-refractivity contribution in [1.29, 1.82) is 0 Å². The van der Waals surface area contributed by atoms with Crippen LogP contribution in [-0.2, 0) is 22.7 Å². The van der Waals surface area contributed by atoms with Gasteiger partial charge in [0.2, 0.25) is 11.8 Å². The average molecular weight is 543 g/mol. The lowest BCUT2D eigenvalue weighted by Gasteiger charge is -2.55. The highest BCUT2D eigenvalue weighted by Crippen LogP contribution is 2.43. The van der Waals surface area contributed by atoms with Crippen molar-refractivity contribution in [3.8, 4) is 5.75 Å². The molecule has 1 aliphatic carbocycles. The summed E-state index contributed by atoms with van der Waals surface area (Å²) in [4.78, 5) is 43.5. The lowest BCUT2D eigenvalue weighted by atomic mass is 9.71. The van der Waals surface area contributed by atoms with Gasteiger partial charge in [0.1, 0.15) is 11.8 Å². The van der Waals surface area contributed by atoms with Crippen molar-refractivity contribution >= 4 is 23.4 Å². The monoisotopic (exact) mass is 542 g/mol. The van der Waals surface area contributed by atoms with E-state index in [9.17, 15) is 14.4 Å². The van der Waals surface area contributed by atoms with Crippen LogP contribution < -0.4 is 15.0 Å². The van der Waals surface area contributed by atoms with Crippen LogP contribution in [0.15, 0.2) is 42.5 Å². The molecule has 1 saturated carbocycles. The molecule has 2 aromatic rings. The molecule has 0 bridgehead atoms. The fraction of sp³-hybridized carbons (Fsp3) is 0.531. The number of anilines is 1. The van der Waals surface area contributed by atoms with Gasteiger partial charge in [0.25, 0.3) is 5.91 Å². The second kappa shape index (κ2) is 10.2. The van der Waals surface area contributed by atoms with Gasteiger partial charge in [0, 0.05) is 49.3 Å². The van der Waals surface area contributed by atoms with E-state index >= 15 is 0 Å². The Morgan fingerprint density at radius 2 is 1.68 bits per heavy atom. The van der Waals surface area contributed by atoms with Gasteiger partial charge in [-0.1, -0.05) is 12.1 Å². The summed E-state index contributed by atoms with van der Waals surface area (Å²) in [6.07, 6.45) is 8.43. The summed E-state index contributed by atoms with van der Waals surface area (Å²) in [5, 5.41) is 2.38. The molecule has 8 heteroatoms. The van der Waals surface area contributed by atoms with Gasteiger partial charge in [0.05, 0.1) is 6.10 Å². The van der Waals surface area contributed by atoms with E-state index in [2.05, 4.69) is 45.4 Å². The highest BCUT2D eigenvalue weighted by molar-refractivity contribution is 6.05. The molecule has 4 fully saturated rings. The van der Waals surface area contributed by atoms with Crippen LogP contribution in [-0.4, -0.2) is 65.8 Å². The Labute approximate surface area is 235 Å². The first-order chi connectivity index (χ1) is 19.4. The maximum Gasteiger partial charge on any atom is 0.255 e. The maximum atomic E-state index is 13.0. The molecule has 3 saturated heterocycles. The molecule has 1 spiro atoms. The number of ether oxygens (including phenoxy) is 1. The number of nitrogens with one attached hydrogen (secondary N) is 1. The molecule has 1 unspecified atom stereocenters. The minimum atomic E-state index is -0.568. The maximum absolute atomic E-state index is 13.0. The van der Waals surface area contributed by atoms with Crippen LogP contribution in [0.4, 0.5) is 5.69 Å². The fourth-order valence-corrected chi connectivity index (χ4v) is 7.34. The predicted molar refractivity (Wildman–Crippen MR) is 151 cm³/mol. The van der Waals surface area contributed by atoms with Crippen molar-refractivity contribution in [2.75, 3.05) is 31.1 Å². The minimum Gasteiger partial charge on any atom is -0.490 e. The van der Waals surface area contributed by atoms with Gasteiger partial charge in [-0.2, -0.15) is 0 Å². The number of nitrogens with zero attached hydrogens (tertiary/aromatic N) is 3. The Morgan fingerprint density at radius 3 is 2.40 bits per heavy atom. The van der Waals surface area contributed by atoms with E-state index in [0.29, 0.717) is 30.0 Å². The molecule has 5 aliphatic rings. The molecule has 8 nitrogen and oxygen atoms in total. The van der Waals surface area contributed by atoms with Gasteiger partial charge >= 0.3 is 0 Å². The van der Waals surface area contributed by atoms with Crippen LogP contribution in [0, 0.1) is 5.41 Å². The number of benzene rings is 2. The van der Waals surface area contributed by atoms with Gasteiger partial charge in [-0.3, -0.25) is 24.6 Å². The number of hydrogen-bond donors (Lipinski definition) is 1. The first-order valence-corrected chi connectivity index (χ1v) is 15.0. The third-order valence-corrected chi connectivity index (χ3v) is 9.78. The van der Waals surface area contributed by atoms with Gasteiger partial charge in [-0.05, 0) is 99.5 Å².